The number of carbonyl (C=O) groups is 1. The number of allylic oxidation sites excluding steroid dienone is 1. The lowest BCUT2D eigenvalue weighted by atomic mass is 9.95. The standard InChI is InChI=1S/C25H23I2N3O3S/c1-5-33-24(32)20-14(3)29-25-30(22(20)16-8-6-13(2)7-9-16)23(31)19(34-25)12-15-10-17(26)21(28-4)18(27)11-15/h6-12,22,28H,5H2,1-4H3/b19-12+/t22-/m0/s1. The van der Waals surface area contributed by atoms with Gasteiger partial charge in [0, 0.05) is 14.2 Å². The van der Waals surface area contributed by atoms with Crippen LogP contribution in [0.2, 0.25) is 0 Å². The number of ether oxygens (including phenoxy) is 1. The predicted molar refractivity (Wildman–Crippen MR) is 153 cm³/mol. The summed E-state index contributed by atoms with van der Waals surface area (Å²) in [6, 6.07) is 11.4. The maximum Gasteiger partial charge on any atom is 0.338 e. The van der Waals surface area contributed by atoms with Gasteiger partial charge in [-0.3, -0.25) is 9.36 Å². The van der Waals surface area contributed by atoms with Crippen molar-refractivity contribution in [1.29, 1.82) is 0 Å². The molecule has 0 radical (unpaired) electrons. The highest BCUT2D eigenvalue weighted by molar-refractivity contribution is 14.1. The zero-order chi connectivity index (χ0) is 24.6. The van der Waals surface area contributed by atoms with E-state index in [9.17, 15) is 9.59 Å². The maximum absolute atomic E-state index is 13.7. The molecule has 6 nitrogen and oxygen atoms in total. The molecule has 1 aliphatic rings. The van der Waals surface area contributed by atoms with Crippen LogP contribution in [-0.4, -0.2) is 24.2 Å². The molecule has 0 saturated heterocycles. The fourth-order valence-corrected chi connectivity index (χ4v) is 7.32. The summed E-state index contributed by atoms with van der Waals surface area (Å²) in [4.78, 5) is 31.8. The molecule has 1 N–H and O–H groups in total. The number of carbonyl (C=O) groups excluding carboxylic acids is 1. The highest BCUT2D eigenvalue weighted by Crippen LogP contribution is 2.31. The van der Waals surface area contributed by atoms with Crippen LogP contribution in [0.3, 0.4) is 0 Å². The lowest BCUT2D eigenvalue weighted by molar-refractivity contribution is -0.139. The average Bonchev–Trinajstić information content (AvgIpc) is 3.08. The van der Waals surface area contributed by atoms with Gasteiger partial charge in [0.1, 0.15) is 0 Å². The summed E-state index contributed by atoms with van der Waals surface area (Å²) >= 11 is 5.91. The van der Waals surface area contributed by atoms with Crippen LogP contribution in [0.4, 0.5) is 5.69 Å². The van der Waals surface area contributed by atoms with E-state index in [4.69, 9.17) is 4.74 Å². The molecule has 0 aliphatic carbocycles. The van der Waals surface area contributed by atoms with Crippen molar-refractivity contribution in [3.05, 3.63) is 91.2 Å². The minimum absolute atomic E-state index is 0.175. The Morgan fingerprint density at radius 1 is 1.21 bits per heavy atom. The first-order valence-electron chi connectivity index (χ1n) is 10.7. The first-order valence-corrected chi connectivity index (χ1v) is 13.7. The molecule has 0 bridgehead atoms. The number of aromatic nitrogens is 1. The molecule has 2 aromatic carbocycles. The van der Waals surface area contributed by atoms with E-state index in [0.717, 1.165) is 29.5 Å². The lowest BCUT2D eigenvalue weighted by Crippen LogP contribution is -2.39. The monoisotopic (exact) mass is 699 g/mol. The van der Waals surface area contributed by atoms with E-state index in [1.807, 2.05) is 56.4 Å². The maximum atomic E-state index is 13.7. The molecule has 1 aromatic heterocycles. The Morgan fingerprint density at radius 2 is 1.85 bits per heavy atom. The third-order valence-corrected chi connectivity index (χ3v) is 8.21. The van der Waals surface area contributed by atoms with Crippen molar-refractivity contribution in [2.75, 3.05) is 19.0 Å². The highest BCUT2D eigenvalue weighted by atomic mass is 127. The molecule has 176 valence electrons. The van der Waals surface area contributed by atoms with Gasteiger partial charge in [-0.25, -0.2) is 9.79 Å². The SMILES string of the molecule is CCOC(=O)C1=C(C)N=c2s/c(=C/c3cc(I)c(NC)c(I)c3)c(=O)n2[C@H]1c1ccc(C)cc1. The van der Waals surface area contributed by atoms with E-state index in [2.05, 4.69) is 55.5 Å². The fourth-order valence-electron chi connectivity index (χ4n) is 3.92. The van der Waals surface area contributed by atoms with Crippen molar-refractivity contribution < 1.29 is 9.53 Å². The summed E-state index contributed by atoms with van der Waals surface area (Å²) in [6.07, 6.45) is 1.89. The quantitative estimate of drug-likeness (QED) is 0.318. The zero-order valence-corrected chi connectivity index (χ0v) is 24.2. The first-order chi connectivity index (χ1) is 16.2. The average molecular weight is 699 g/mol. The molecule has 0 unspecified atom stereocenters. The number of esters is 1. The number of nitrogens with one attached hydrogen (secondary N) is 1. The molecular formula is C25H23I2N3O3S. The zero-order valence-electron chi connectivity index (χ0n) is 19.1. The number of benzene rings is 2. The molecule has 1 aliphatic heterocycles. The van der Waals surface area contributed by atoms with Gasteiger partial charge in [-0.15, -0.1) is 0 Å². The van der Waals surface area contributed by atoms with Gasteiger partial charge in [-0.2, -0.15) is 0 Å². The largest absolute Gasteiger partial charge is 0.463 e. The van der Waals surface area contributed by atoms with Crippen LogP contribution in [0.25, 0.3) is 6.08 Å². The Balaban J connectivity index is 1.94. The number of hydrogen-bond donors (Lipinski definition) is 1. The summed E-state index contributed by atoms with van der Waals surface area (Å²) in [5.41, 5.74) is 4.74. The Morgan fingerprint density at radius 3 is 2.44 bits per heavy atom. The number of aryl methyl sites for hydroxylation is 1. The van der Waals surface area contributed by atoms with Gasteiger partial charge in [0.25, 0.3) is 5.56 Å². The van der Waals surface area contributed by atoms with Crippen LogP contribution in [0.1, 0.15) is 36.6 Å². The molecule has 0 spiro atoms. The van der Waals surface area contributed by atoms with E-state index in [1.54, 1.807) is 18.4 Å². The Labute approximate surface area is 228 Å². The van der Waals surface area contributed by atoms with Crippen molar-refractivity contribution in [3.63, 3.8) is 0 Å². The topological polar surface area (TPSA) is 72.7 Å². The van der Waals surface area contributed by atoms with Gasteiger partial charge in [-0.1, -0.05) is 41.2 Å². The number of anilines is 1. The first kappa shape index (κ1) is 25.1. The second-order valence-electron chi connectivity index (χ2n) is 7.82. The van der Waals surface area contributed by atoms with Crippen LogP contribution in [0.5, 0.6) is 0 Å². The summed E-state index contributed by atoms with van der Waals surface area (Å²) in [5, 5.41) is 3.21. The third kappa shape index (κ3) is 4.74. The van der Waals surface area contributed by atoms with E-state index in [-0.39, 0.29) is 12.2 Å². The molecule has 0 fully saturated rings. The Bertz CT molecular complexity index is 1460. The summed E-state index contributed by atoms with van der Waals surface area (Å²) < 4.78 is 9.69. The normalized spacial score (nSPS) is 15.7. The van der Waals surface area contributed by atoms with E-state index >= 15 is 0 Å². The molecular weight excluding hydrogens is 676 g/mol. The van der Waals surface area contributed by atoms with Crippen LogP contribution in [0, 0.1) is 14.1 Å². The molecule has 9 heteroatoms. The van der Waals surface area contributed by atoms with Gasteiger partial charge >= 0.3 is 5.97 Å². The third-order valence-electron chi connectivity index (χ3n) is 5.52. The Hall–Kier alpha value is -1.99. The second kappa shape index (κ2) is 10.3. The summed E-state index contributed by atoms with van der Waals surface area (Å²) in [5.74, 6) is -0.449. The van der Waals surface area contributed by atoms with Crippen molar-refractivity contribution in [2.24, 2.45) is 4.99 Å². The van der Waals surface area contributed by atoms with E-state index in [0.29, 0.717) is 20.6 Å². The minimum atomic E-state index is -0.593. The van der Waals surface area contributed by atoms with Crippen LogP contribution < -0.4 is 20.2 Å². The van der Waals surface area contributed by atoms with Crippen LogP contribution in [-0.2, 0) is 9.53 Å². The van der Waals surface area contributed by atoms with Gasteiger partial charge in [-0.05, 0) is 95.3 Å². The molecule has 4 rings (SSSR count). The van der Waals surface area contributed by atoms with Gasteiger partial charge < -0.3 is 10.1 Å². The molecule has 0 amide bonds. The van der Waals surface area contributed by atoms with Crippen LogP contribution >= 0.6 is 56.5 Å². The number of halogens is 2. The van der Waals surface area contributed by atoms with Gasteiger partial charge in [0.15, 0.2) is 4.80 Å². The number of rotatable bonds is 5. The number of thiazole rings is 1. The van der Waals surface area contributed by atoms with Crippen molar-refractivity contribution in [1.82, 2.24) is 4.57 Å². The smallest absolute Gasteiger partial charge is 0.338 e. The van der Waals surface area contributed by atoms with Gasteiger partial charge in [0.05, 0.1) is 34.1 Å². The van der Waals surface area contributed by atoms with Crippen LogP contribution in [0.15, 0.2) is 57.5 Å². The summed E-state index contributed by atoms with van der Waals surface area (Å²) in [6.45, 7) is 5.82. The van der Waals surface area contributed by atoms with Crippen molar-refractivity contribution >= 4 is 74.3 Å². The van der Waals surface area contributed by atoms with Crippen molar-refractivity contribution in [3.8, 4) is 0 Å². The lowest BCUT2D eigenvalue weighted by Gasteiger charge is -2.24. The Kier molecular flexibility index (Phi) is 7.63. The minimum Gasteiger partial charge on any atom is -0.463 e. The number of nitrogens with zero attached hydrogens (tertiary/aromatic N) is 2. The van der Waals surface area contributed by atoms with Crippen molar-refractivity contribution in [2.45, 2.75) is 26.8 Å². The summed E-state index contributed by atoms with van der Waals surface area (Å²) in [7, 11) is 1.89. The fraction of sp³-hybridized carbons (Fsp3) is 0.240. The van der Waals surface area contributed by atoms with Gasteiger partial charge in [0.2, 0.25) is 0 Å². The molecule has 0 saturated carbocycles. The van der Waals surface area contributed by atoms with E-state index in [1.165, 1.54) is 11.3 Å². The molecule has 1 atom stereocenters. The van der Waals surface area contributed by atoms with E-state index < -0.39 is 12.0 Å². The predicted octanol–water partition coefficient (Wildman–Crippen LogP) is 4.36. The number of hydrogen-bond acceptors (Lipinski definition) is 6. The molecule has 3 aromatic rings. The second-order valence-corrected chi connectivity index (χ2v) is 11.2. The molecule has 2 heterocycles. The number of fused-ring (bicyclic) bond motifs is 1. The highest BCUT2D eigenvalue weighted by Gasteiger charge is 2.33. The molecule has 34 heavy (non-hydrogen) atoms.